The number of rotatable bonds is 9. The quantitative estimate of drug-likeness (QED) is 0.286. The fourth-order valence-corrected chi connectivity index (χ4v) is 5.04. The Morgan fingerprint density at radius 3 is 1.85 bits per heavy atom. The largest absolute Gasteiger partial charge is 0.755 e. The lowest BCUT2D eigenvalue weighted by Gasteiger charge is -2.34. The molecule has 208 valence electrons. The third-order valence-electron chi connectivity index (χ3n) is 5.74. The normalized spacial score (nSPS) is 12.4. The minimum Gasteiger partial charge on any atom is -0.755 e. The molecule has 12 nitrogen and oxygen atoms in total. The SMILES string of the molecule is Cc1ccc(N(c2ccc(NC(=O)Cn3ccc(=O)[nH]c3=O)cc2N(c2ccc(C)cc2)S(=O)[O-])S(=O)[O-])cc1. The van der Waals surface area contributed by atoms with Gasteiger partial charge in [0, 0.05) is 18.0 Å². The van der Waals surface area contributed by atoms with Crippen LogP contribution in [0, 0.1) is 13.8 Å². The van der Waals surface area contributed by atoms with E-state index in [0.717, 1.165) is 36.6 Å². The van der Waals surface area contributed by atoms with Gasteiger partial charge in [-0.25, -0.2) is 4.79 Å². The minimum atomic E-state index is -2.91. The van der Waals surface area contributed by atoms with Crippen LogP contribution in [-0.4, -0.2) is 33.0 Å². The van der Waals surface area contributed by atoms with Crippen molar-refractivity contribution < 1.29 is 22.3 Å². The number of aromatic nitrogens is 2. The third kappa shape index (κ3) is 6.60. The van der Waals surface area contributed by atoms with E-state index in [0.29, 0.717) is 0 Å². The zero-order chi connectivity index (χ0) is 29.0. The Hall–Kier alpha value is -4.37. The van der Waals surface area contributed by atoms with Gasteiger partial charge in [0.25, 0.3) is 5.56 Å². The molecule has 40 heavy (non-hydrogen) atoms. The van der Waals surface area contributed by atoms with Crippen LogP contribution < -0.4 is 25.2 Å². The van der Waals surface area contributed by atoms with E-state index < -0.39 is 46.2 Å². The van der Waals surface area contributed by atoms with Gasteiger partial charge in [0.1, 0.15) is 6.54 Å². The number of aryl methyl sites for hydroxylation is 2. The topological polar surface area (TPSA) is 171 Å². The zero-order valence-corrected chi connectivity index (χ0v) is 22.9. The molecule has 0 aliphatic rings. The van der Waals surface area contributed by atoms with E-state index in [1.165, 1.54) is 18.2 Å². The lowest BCUT2D eigenvalue weighted by Crippen LogP contribution is -2.32. The standard InChI is InChI=1S/C26H25N5O7S2/c1-17-3-8-20(9-4-17)30(39(35)36)22-12-7-19(27-25(33)16-29-14-13-24(32)28-26(29)34)15-23(22)31(40(37)38)21-10-5-18(2)6-11-21/h3-15H,16H2,1-2H3,(H,27,33)(H,35,36)(H,37,38)(H,28,32,34)/p-2. The molecule has 0 aliphatic heterocycles. The van der Waals surface area contributed by atoms with Crippen LogP contribution in [0.4, 0.5) is 28.4 Å². The predicted octanol–water partition coefficient (Wildman–Crippen LogP) is 2.66. The van der Waals surface area contributed by atoms with Gasteiger partial charge in [0.05, 0.1) is 45.3 Å². The number of carbonyl (C=O) groups excluding carboxylic acids is 1. The molecule has 14 heteroatoms. The van der Waals surface area contributed by atoms with Crippen LogP contribution in [0.1, 0.15) is 11.1 Å². The second-order valence-corrected chi connectivity index (χ2v) is 10.3. The zero-order valence-electron chi connectivity index (χ0n) is 21.2. The Labute approximate surface area is 233 Å². The van der Waals surface area contributed by atoms with Crippen molar-refractivity contribution in [1.29, 1.82) is 0 Å². The molecule has 0 spiro atoms. The van der Waals surface area contributed by atoms with Gasteiger partial charge < -0.3 is 14.4 Å². The lowest BCUT2D eigenvalue weighted by atomic mass is 10.1. The summed E-state index contributed by atoms with van der Waals surface area (Å²) in [5, 5.41) is 2.58. The van der Waals surface area contributed by atoms with Crippen molar-refractivity contribution in [1.82, 2.24) is 9.55 Å². The van der Waals surface area contributed by atoms with Crippen molar-refractivity contribution in [3.63, 3.8) is 0 Å². The average Bonchev–Trinajstić information content (AvgIpc) is 2.89. The maximum absolute atomic E-state index is 12.7. The van der Waals surface area contributed by atoms with Crippen LogP contribution in [0.2, 0.25) is 0 Å². The number of carbonyl (C=O) groups is 1. The van der Waals surface area contributed by atoms with E-state index in [4.69, 9.17) is 0 Å². The van der Waals surface area contributed by atoms with Crippen molar-refractivity contribution in [2.45, 2.75) is 20.4 Å². The second kappa shape index (κ2) is 12.2. The Balaban J connectivity index is 1.81. The van der Waals surface area contributed by atoms with Gasteiger partial charge in [-0.2, -0.15) is 0 Å². The number of amides is 1. The van der Waals surface area contributed by atoms with Gasteiger partial charge in [0.15, 0.2) is 0 Å². The number of benzene rings is 3. The first kappa shape index (κ1) is 28.6. The summed E-state index contributed by atoms with van der Waals surface area (Å²) in [6.07, 6.45) is 1.16. The first-order chi connectivity index (χ1) is 19.0. The molecule has 1 amide bonds. The minimum absolute atomic E-state index is 0.00295. The van der Waals surface area contributed by atoms with E-state index in [2.05, 4.69) is 5.32 Å². The molecule has 2 unspecified atom stereocenters. The molecule has 4 aromatic rings. The summed E-state index contributed by atoms with van der Waals surface area (Å²) in [6.45, 7) is 3.23. The molecular weight excluding hydrogens is 558 g/mol. The molecular formula is C26H23N5O7S2-2. The number of anilines is 5. The monoisotopic (exact) mass is 581 g/mol. The predicted molar refractivity (Wildman–Crippen MR) is 151 cm³/mol. The Morgan fingerprint density at radius 2 is 1.35 bits per heavy atom. The molecule has 3 aromatic carbocycles. The van der Waals surface area contributed by atoms with E-state index in [1.807, 2.05) is 18.8 Å². The molecule has 2 N–H and O–H groups in total. The maximum Gasteiger partial charge on any atom is 0.328 e. The first-order valence-electron chi connectivity index (χ1n) is 11.7. The lowest BCUT2D eigenvalue weighted by molar-refractivity contribution is -0.116. The number of H-pyrrole nitrogens is 1. The summed E-state index contributed by atoms with van der Waals surface area (Å²) >= 11 is -5.77. The van der Waals surface area contributed by atoms with E-state index in [-0.39, 0.29) is 28.4 Å². The van der Waals surface area contributed by atoms with Gasteiger partial charge in [-0.05, 0) is 56.3 Å². The van der Waals surface area contributed by atoms with Gasteiger partial charge in [0.2, 0.25) is 5.91 Å². The molecule has 0 saturated carbocycles. The van der Waals surface area contributed by atoms with Crippen LogP contribution in [0.15, 0.2) is 88.6 Å². The highest BCUT2D eigenvalue weighted by Crippen LogP contribution is 2.41. The van der Waals surface area contributed by atoms with Gasteiger partial charge in [-0.15, -0.1) is 0 Å². The summed E-state index contributed by atoms with van der Waals surface area (Å²) in [5.41, 5.74) is 0.916. The summed E-state index contributed by atoms with van der Waals surface area (Å²) in [4.78, 5) is 38.0. The number of hydrogen-bond donors (Lipinski definition) is 2. The summed E-state index contributed by atoms with van der Waals surface area (Å²) < 4.78 is 52.8. The number of nitrogens with zero attached hydrogens (tertiary/aromatic N) is 3. The van der Waals surface area contributed by atoms with Crippen LogP contribution in [0.25, 0.3) is 0 Å². The average molecular weight is 582 g/mol. The maximum atomic E-state index is 12.7. The fraction of sp³-hybridized carbons (Fsp3) is 0.115. The van der Waals surface area contributed by atoms with Crippen LogP contribution in [0.5, 0.6) is 0 Å². The smallest absolute Gasteiger partial charge is 0.328 e. The third-order valence-corrected chi connectivity index (χ3v) is 7.15. The summed E-state index contributed by atoms with van der Waals surface area (Å²) in [7, 11) is 0. The van der Waals surface area contributed by atoms with Crippen molar-refractivity contribution in [2.24, 2.45) is 0 Å². The molecule has 0 bridgehead atoms. The van der Waals surface area contributed by atoms with Gasteiger partial charge in [-0.1, -0.05) is 35.4 Å². The molecule has 0 saturated heterocycles. The number of hydrogen-bond acceptors (Lipinski definition) is 7. The first-order valence-corrected chi connectivity index (χ1v) is 13.8. The molecule has 1 aromatic heterocycles. The van der Waals surface area contributed by atoms with Crippen LogP contribution in [-0.2, 0) is 33.9 Å². The molecule has 0 radical (unpaired) electrons. The highest BCUT2D eigenvalue weighted by molar-refractivity contribution is 7.81. The molecule has 0 aliphatic carbocycles. The highest BCUT2D eigenvalue weighted by atomic mass is 32.2. The Morgan fingerprint density at radius 1 is 0.825 bits per heavy atom. The Bertz CT molecular complexity index is 1700. The van der Waals surface area contributed by atoms with Crippen LogP contribution >= 0.6 is 0 Å². The van der Waals surface area contributed by atoms with E-state index >= 15 is 0 Å². The second-order valence-electron chi connectivity index (χ2n) is 8.68. The van der Waals surface area contributed by atoms with Crippen molar-refractivity contribution in [3.8, 4) is 0 Å². The van der Waals surface area contributed by atoms with Gasteiger partial charge in [-0.3, -0.25) is 36.2 Å². The van der Waals surface area contributed by atoms with Gasteiger partial charge >= 0.3 is 5.69 Å². The van der Waals surface area contributed by atoms with E-state index in [1.54, 1.807) is 48.5 Å². The molecule has 4 rings (SSSR count). The molecule has 1 heterocycles. The van der Waals surface area contributed by atoms with Crippen LogP contribution in [0.3, 0.4) is 0 Å². The van der Waals surface area contributed by atoms with E-state index in [9.17, 15) is 31.9 Å². The molecule has 0 fully saturated rings. The van der Waals surface area contributed by atoms with Crippen molar-refractivity contribution in [2.75, 3.05) is 13.9 Å². The highest BCUT2D eigenvalue weighted by Gasteiger charge is 2.22. The fourth-order valence-electron chi connectivity index (χ4n) is 3.83. The van der Waals surface area contributed by atoms with Crippen molar-refractivity contribution in [3.05, 3.63) is 111 Å². The summed E-state index contributed by atoms with van der Waals surface area (Å²) in [6, 6.07) is 18.3. The molecule has 2 atom stereocenters. The van der Waals surface area contributed by atoms with Crippen molar-refractivity contribution >= 4 is 56.9 Å². The number of aromatic amines is 1. The Kier molecular flexibility index (Phi) is 8.74. The summed E-state index contributed by atoms with van der Waals surface area (Å²) in [5.74, 6) is -0.652. The number of nitrogens with one attached hydrogen (secondary N) is 2.